The SMILES string of the molecule is CS(=O)(=O)c1ccc(OCC(O)c2ccc(N)cc2)cc1. The first-order valence-corrected chi connectivity index (χ1v) is 8.22. The van der Waals surface area contributed by atoms with Gasteiger partial charge in [0.1, 0.15) is 18.5 Å². The molecule has 1 atom stereocenters. The van der Waals surface area contributed by atoms with E-state index in [4.69, 9.17) is 10.5 Å². The number of aliphatic hydroxyl groups excluding tert-OH is 1. The van der Waals surface area contributed by atoms with E-state index in [1.54, 1.807) is 36.4 Å². The Kier molecular flexibility index (Phi) is 4.50. The van der Waals surface area contributed by atoms with Gasteiger partial charge in [-0.05, 0) is 42.0 Å². The van der Waals surface area contributed by atoms with Crippen LogP contribution in [-0.4, -0.2) is 26.4 Å². The quantitative estimate of drug-likeness (QED) is 0.822. The summed E-state index contributed by atoms with van der Waals surface area (Å²) in [5.74, 6) is 0.497. The number of hydrogen-bond acceptors (Lipinski definition) is 5. The van der Waals surface area contributed by atoms with E-state index in [2.05, 4.69) is 0 Å². The molecule has 0 heterocycles. The Labute approximate surface area is 123 Å². The van der Waals surface area contributed by atoms with Gasteiger partial charge in [-0.3, -0.25) is 0 Å². The second kappa shape index (κ2) is 6.15. The van der Waals surface area contributed by atoms with Crippen LogP contribution in [0.5, 0.6) is 5.75 Å². The molecule has 0 radical (unpaired) electrons. The van der Waals surface area contributed by atoms with Crippen LogP contribution in [0.4, 0.5) is 5.69 Å². The highest BCUT2D eigenvalue weighted by atomic mass is 32.2. The highest BCUT2D eigenvalue weighted by Crippen LogP contribution is 2.19. The lowest BCUT2D eigenvalue weighted by molar-refractivity contribution is 0.108. The van der Waals surface area contributed by atoms with Crippen molar-refractivity contribution in [3.63, 3.8) is 0 Å². The third kappa shape index (κ3) is 4.21. The molecule has 0 aliphatic carbocycles. The van der Waals surface area contributed by atoms with Crippen molar-refractivity contribution in [3.8, 4) is 5.75 Å². The van der Waals surface area contributed by atoms with E-state index in [-0.39, 0.29) is 11.5 Å². The Morgan fingerprint density at radius 1 is 1.10 bits per heavy atom. The first-order valence-electron chi connectivity index (χ1n) is 6.33. The summed E-state index contributed by atoms with van der Waals surface area (Å²) in [7, 11) is -3.21. The van der Waals surface area contributed by atoms with Crippen molar-refractivity contribution in [1.29, 1.82) is 0 Å². The summed E-state index contributed by atoms with van der Waals surface area (Å²) in [6.07, 6.45) is 0.369. The minimum absolute atomic E-state index is 0.0716. The molecular formula is C15H17NO4S. The molecule has 2 aromatic rings. The van der Waals surface area contributed by atoms with E-state index < -0.39 is 15.9 Å². The van der Waals surface area contributed by atoms with Gasteiger partial charge in [-0.1, -0.05) is 12.1 Å². The fourth-order valence-corrected chi connectivity index (χ4v) is 2.40. The molecule has 0 fully saturated rings. The van der Waals surface area contributed by atoms with Crippen molar-refractivity contribution in [2.45, 2.75) is 11.0 Å². The van der Waals surface area contributed by atoms with Crippen LogP contribution in [0.25, 0.3) is 0 Å². The van der Waals surface area contributed by atoms with Gasteiger partial charge in [-0.25, -0.2) is 8.42 Å². The van der Waals surface area contributed by atoms with Crippen LogP contribution < -0.4 is 10.5 Å². The third-order valence-electron chi connectivity index (χ3n) is 2.98. The molecule has 1 unspecified atom stereocenters. The first-order chi connectivity index (χ1) is 9.86. The maximum atomic E-state index is 11.3. The lowest BCUT2D eigenvalue weighted by atomic mass is 10.1. The number of hydrogen-bond donors (Lipinski definition) is 2. The monoisotopic (exact) mass is 307 g/mol. The van der Waals surface area contributed by atoms with Gasteiger partial charge < -0.3 is 15.6 Å². The van der Waals surface area contributed by atoms with Gasteiger partial charge in [0.2, 0.25) is 0 Å². The van der Waals surface area contributed by atoms with Crippen LogP contribution >= 0.6 is 0 Å². The average Bonchev–Trinajstić information content (AvgIpc) is 2.45. The number of anilines is 1. The standard InChI is InChI=1S/C15H17NO4S/c1-21(18,19)14-8-6-13(7-9-14)20-10-15(17)11-2-4-12(16)5-3-11/h2-9,15,17H,10,16H2,1H3. The minimum Gasteiger partial charge on any atom is -0.491 e. The molecule has 21 heavy (non-hydrogen) atoms. The fourth-order valence-electron chi connectivity index (χ4n) is 1.77. The van der Waals surface area contributed by atoms with E-state index in [1.165, 1.54) is 12.1 Å². The molecule has 0 spiro atoms. The Bertz CT molecular complexity index is 693. The molecule has 0 aliphatic rings. The van der Waals surface area contributed by atoms with E-state index in [9.17, 15) is 13.5 Å². The minimum atomic E-state index is -3.21. The van der Waals surface area contributed by atoms with Crippen molar-refractivity contribution >= 4 is 15.5 Å². The largest absolute Gasteiger partial charge is 0.491 e. The number of sulfone groups is 1. The molecule has 0 saturated carbocycles. The van der Waals surface area contributed by atoms with Gasteiger partial charge in [-0.2, -0.15) is 0 Å². The van der Waals surface area contributed by atoms with E-state index in [1.807, 2.05) is 0 Å². The Morgan fingerprint density at radius 2 is 1.67 bits per heavy atom. The van der Waals surface area contributed by atoms with Crippen LogP contribution in [0.15, 0.2) is 53.4 Å². The second-order valence-electron chi connectivity index (χ2n) is 4.74. The number of rotatable bonds is 5. The Hall–Kier alpha value is -2.05. The van der Waals surface area contributed by atoms with E-state index in [0.717, 1.165) is 6.26 Å². The first kappa shape index (κ1) is 15.3. The average molecular weight is 307 g/mol. The van der Waals surface area contributed by atoms with Crippen LogP contribution in [0.2, 0.25) is 0 Å². The fraction of sp³-hybridized carbons (Fsp3) is 0.200. The zero-order chi connectivity index (χ0) is 15.5. The Morgan fingerprint density at radius 3 is 2.19 bits per heavy atom. The third-order valence-corrected chi connectivity index (χ3v) is 4.11. The Balaban J connectivity index is 1.98. The normalized spacial score (nSPS) is 12.9. The molecule has 0 bridgehead atoms. The summed E-state index contributed by atoms with van der Waals surface area (Å²) in [4.78, 5) is 0.230. The van der Waals surface area contributed by atoms with Crippen LogP contribution in [0.1, 0.15) is 11.7 Å². The molecule has 3 N–H and O–H groups in total. The summed E-state index contributed by atoms with van der Waals surface area (Å²) in [5.41, 5.74) is 6.91. The number of nitrogen functional groups attached to an aromatic ring is 1. The lowest BCUT2D eigenvalue weighted by Gasteiger charge is -2.13. The summed E-state index contributed by atoms with van der Waals surface area (Å²) in [5, 5.41) is 9.99. The topological polar surface area (TPSA) is 89.6 Å². The molecule has 112 valence electrons. The smallest absolute Gasteiger partial charge is 0.175 e. The molecular weight excluding hydrogens is 290 g/mol. The van der Waals surface area contributed by atoms with Crippen molar-refractivity contribution in [2.75, 3.05) is 18.6 Å². The summed E-state index contributed by atoms with van der Waals surface area (Å²) >= 11 is 0. The zero-order valence-electron chi connectivity index (χ0n) is 11.6. The maximum Gasteiger partial charge on any atom is 0.175 e. The van der Waals surface area contributed by atoms with Crippen molar-refractivity contribution < 1.29 is 18.3 Å². The van der Waals surface area contributed by atoms with Gasteiger partial charge in [-0.15, -0.1) is 0 Å². The van der Waals surface area contributed by atoms with Crippen molar-refractivity contribution in [1.82, 2.24) is 0 Å². The van der Waals surface area contributed by atoms with Crippen LogP contribution in [0, 0.1) is 0 Å². The number of ether oxygens (including phenoxy) is 1. The molecule has 0 aromatic heterocycles. The summed E-state index contributed by atoms with van der Waals surface area (Å²) < 4.78 is 28.1. The second-order valence-corrected chi connectivity index (χ2v) is 6.75. The molecule has 6 heteroatoms. The van der Waals surface area contributed by atoms with Crippen LogP contribution in [-0.2, 0) is 9.84 Å². The summed E-state index contributed by atoms with van der Waals surface area (Å²) in [6.45, 7) is 0.0716. The van der Waals surface area contributed by atoms with Crippen molar-refractivity contribution in [3.05, 3.63) is 54.1 Å². The molecule has 5 nitrogen and oxygen atoms in total. The van der Waals surface area contributed by atoms with E-state index >= 15 is 0 Å². The number of benzene rings is 2. The predicted molar refractivity (Wildman–Crippen MR) is 80.9 cm³/mol. The van der Waals surface area contributed by atoms with E-state index in [0.29, 0.717) is 17.0 Å². The van der Waals surface area contributed by atoms with Gasteiger partial charge >= 0.3 is 0 Å². The summed E-state index contributed by atoms with van der Waals surface area (Å²) in [6, 6.07) is 12.9. The molecule has 0 amide bonds. The molecule has 0 saturated heterocycles. The lowest BCUT2D eigenvalue weighted by Crippen LogP contribution is -2.09. The van der Waals surface area contributed by atoms with Crippen molar-refractivity contribution in [2.24, 2.45) is 0 Å². The molecule has 2 aromatic carbocycles. The van der Waals surface area contributed by atoms with Gasteiger partial charge in [0.15, 0.2) is 9.84 Å². The highest BCUT2D eigenvalue weighted by Gasteiger charge is 2.10. The van der Waals surface area contributed by atoms with Gasteiger partial charge in [0.05, 0.1) is 4.90 Å². The maximum absolute atomic E-state index is 11.3. The van der Waals surface area contributed by atoms with Gasteiger partial charge in [0, 0.05) is 11.9 Å². The number of aliphatic hydroxyl groups is 1. The van der Waals surface area contributed by atoms with Crippen LogP contribution in [0.3, 0.4) is 0 Å². The molecule has 0 aliphatic heterocycles. The zero-order valence-corrected chi connectivity index (χ0v) is 12.4. The number of nitrogens with two attached hydrogens (primary N) is 1. The molecule has 2 rings (SSSR count). The predicted octanol–water partition coefficient (Wildman–Crippen LogP) is 1.78. The highest BCUT2D eigenvalue weighted by molar-refractivity contribution is 7.90. The van der Waals surface area contributed by atoms with Gasteiger partial charge in [0.25, 0.3) is 0 Å².